The van der Waals surface area contributed by atoms with Gasteiger partial charge in [0, 0.05) is 5.02 Å². The summed E-state index contributed by atoms with van der Waals surface area (Å²) in [6.07, 6.45) is -0.585. The Morgan fingerprint density at radius 2 is 1.85 bits per heavy atom. The highest BCUT2D eigenvalue weighted by Crippen LogP contribution is 2.28. The molecular weight excluding hydrogens is 362 g/mol. The zero-order valence-corrected chi connectivity index (χ0v) is 17.4. The highest BCUT2D eigenvalue weighted by molar-refractivity contribution is 6.31. The molecule has 27 heavy (non-hydrogen) atoms. The normalized spacial score (nSPS) is 12.0. The molecule has 0 saturated heterocycles. The van der Waals surface area contributed by atoms with E-state index in [0.717, 1.165) is 22.4 Å². The standard InChI is InChI=1S/C22H28ClNO3/c1-14(2)19-9-6-15(3)12-21(19)27-17(5)22(25)24-10-11-26-18-8-7-16(4)20(23)13-18/h6-9,12-14,17H,10-11H2,1-5H3,(H,24,25). The second-order valence-electron chi connectivity index (χ2n) is 7.01. The van der Waals surface area contributed by atoms with Gasteiger partial charge in [0.25, 0.3) is 5.91 Å². The van der Waals surface area contributed by atoms with Crippen LogP contribution in [0.5, 0.6) is 11.5 Å². The van der Waals surface area contributed by atoms with Crippen molar-refractivity contribution in [2.75, 3.05) is 13.2 Å². The van der Waals surface area contributed by atoms with E-state index in [-0.39, 0.29) is 5.91 Å². The first-order valence-corrected chi connectivity index (χ1v) is 9.59. The summed E-state index contributed by atoms with van der Waals surface area (Å²) in [6.45, 7) is 10.7. The van der Waals surface area contributed by atoms with Crippen LogP contribution in [0.4, 0.5) is 0 Å². The van der Waals surface area contributed by atoms with E-state index in [4.69, 9.17) is 21.1 Å². The maximum atomic E-state index is 12.3. The molecule has 0 fully saturated rings. The highest BCUT2D eigenvalue weighted by atomic mass is 35.5. The van der Waals surface area contributed by atoms with Crippen molar-refractivity contribution in [1.82, 2.24) is 5.32 Å². The van der Waals surface area contributed by atoms with Crippen LogP contribution in [0.1, 0.15) is 43.4 Å². The zero-order chi connectivity index (χ0) is 20.0. The molecule has 4 nitrogen and oxygen atoms in total. The maximum absolute atomic E-state index is 12.3. The fraction of sp³-hybridized carbons (Fsp3) is 0.409. The Balaban J connectivity index is 1.83. The van der Waals surface area contributed by atoms with Crippen LogP contribution in [0.3, 0.4) is 0 Å². The van der Waals surface area contributed by atoms with E-state index >= 15 is 0 Å². The molecule has 0 aromatic heterocycles. The van der Waals surface area contributed by atoms with Gasteiger partial charge in [-0.25, -0.2) is 0 Å². The van der Waals surface area contributed by atoms with Gasteiger partial charge in [-0.3, -0.25) is 4.79 Å². The largest absolute Gasteiger partial charge is 0.492 e. The molecule has 2 rings (SSSR count). The van der Waals surface area contributed by atoms with Crippen LogP contribution in [0.15, 0.2) is 36.4 Å². The van der Waals surface area contributed by atoms with Crippen LogP contribution in [0, 0.1) is 13.8 Å². The van der Waals surface area contributed by atoms with Crippen molar-refractivity contribution < 1.29 is 14.3 Å². The minimum atomic E-state index is -0.585. The fourth-order valence-electron chi connectivity index (χ4n) is 2.61. The van der Waals surface area contributed by atoms with Gasteiger partial charge < -0.3 is 14.8 Å². The molecule has 0 spiro atoms. The lowest BCUT2D eigenvalue weighted by atomic mass is 10.0. The number of halogens is 1. The Hall–Kier alpha value is -2.20. The first kappa shape index (κ1) is 21.1. The first-order valence-electron chi connectivity index (χ1n) is 9.21. The van der Waals surface area contributed by atoms with Gasteiger partial charge in [0.15, 0.2) is 6.10 Å². The average Bonchev–Trinajstić information content (AvgIpc) is 2.61. The lowest BCUT2D eigenvalue weighted by Gasteiger charge is -2.19. The number of amides is 1. The molecule has 0 heterocycles. The number of hydrogen-bond acceptors (Lipinski definition) is 3. The molecule has 0 saturated carbocycles. The molecule has 0 aliphatic rings. The number of carbonyl (C=O) groups is 1. The summed E-state index contributed by atoms with van der Waals surface area (Å²) in [7, 11) is 0. The van der Waals surface area contributed by atoms with Gasteiger partial charge in [-0.1, -0.05) is 43.6 Å². The van der Waals surface area contributed by atoms with E-state index in [2.05, 4.69) is 31.3 Å². The van der Waals surface area contributed by atoms with Gasteiger partial charge in [0.05, 0.1) is 6.54 Å². The van der Waals surface area contributed by atoms with Gasteiger partial charge in [-0.15, -0.1) is 0 Å². The molecule has 0 radical (unpaired) electrons. The molecule has 2 aromatic carbocycles. The first-order chi connectivity index (χ1) is 12.8. The maximum Gasteiger partial charge on any atom is 0.260 e. The number of benzene rings is 2. The molecule has 0 aliphatic heterocycles. The van der Waals surface area contributed by atoms with Crippen molar-refractivity contribution in [3.05, 3.63) is 58.1 Å². The van der Waals surface area contributed by atoms with Crippen LogP contribution in [0.2, 0.25) is 5.02 Å². The predicted molar refractivity (Wildman–Crippen MR) is 110 cm³/mol. The number of ether oxygens (including phenoxy) is 2. The third kappa shape index (κ3) is 6.17. The van der Waals surface area contributed by atoms with Crippen molar-refractivity contribution in [3.63, 3.8) is 0 Å². The number of nitrogens with one attached hydrogen (secondary N) is 1. The third-order valence-corrected chi connectivity index (χ3v) is 4.68. The van der Waals surface area contributed by atoms with Crippen LogP contribution < -0.4 is 14.8 Å². The van der Waals surface area contributed by atoms with Gasteiger partial charge in [0.2, 0.25) is 0 Å². The van der Waals surface area contributed by atoms with Crippen molar-refractivity contribution in [1.29, 1.82) is 0 Å². The molecule has 146 valence electrons. The lowest BCUT2D eigenvalue weighted by molar-refractivity contribution is -0.127. The molecule has 2 aromatic rings. The molecule has 1 amide bonds. The number of hydrogen-bond donors (Lipinski definition) is 1. The summed E-state index contributed by atoms with van der Waals surface area (Å²) in [6, 6.07) is 11.6. The van der Waals surface area contributed by atoms with E-state index < -0.39 is 6.10 Å². The second kappa shape index (κ2) is 9.65. The third-order valence-electron chi connectivity index (χ3n) is 4.28. The molecular formula is C22H28ClNO3. The summed E-state index contributed by atoms with van der Waals surface area (Å²) in [4.78, 5) is 12.3. The van der Waals surface area contributed by atoms with Gasteiger partial charge in [-0.2, -0.15) is 0 Å². The van der Waals surface area contributed by atoms with Crippen molar-refractivity contribution >= 4 is 17.5 Å². The Morgan fingerprint density at radius 3 is 2.52 bits per heavy atom. The van der Waals surface area contributed by atoms with E-state index in [1.165, 1.54) is 0 Å². The minimum absolute atomic E-state index is 0.170. The van der Waals surface area contributed by atoms with E-state index in [9.17, 15) is 4.79 Å². The van der Waals surface area contributed by atoms with E-state index in [0.29, 0.717) is 29.8 Å². The molecule has 1 unspecified atom stereocenters. The van der Waals surface area contributed by atoms with Crippen LogP contribution >= 0.6 is 11.6 Å². The Morgan fingerprint density at radius 1 is 1.11 bits per heavy atom. The van der Waals surface area contributed by atoms with E-state index in [1.807, 2.05) is 32.0 Å². The number of rotatable bonds is 8. The topological polar surface area (TPSA) is 47.6 Å². The van der Waals surface area contributed by atoms with Gasteiger partial charge in [-0.05, 0) is 61.6 Å². The zero-order valence-electron chi connectivity index (χ0n) is 16.6. The molecule has 1 atom stereocenters. The SMILES string of the molecule is Cc1ccc(C(C)C)c(OC(C)C(=O)NCCOc2ccc(C)c(Cl)c2)c1. The highest BCUT2D eigenvalue weighted by Gasteiger charge is 2.17. The smallest absolute Gasteiger partial charge is 0.260 e. The molecule has 0 aliphatic carbocycles. The molecule has 0 bridgehead atoms. The van der Waals surface area contributed by atoms with Crippen LogP contribution in [-0.2, 0) is 4.79 Å². The summed E-state index contributed by atoms with van der Waals surface area (Å²) in [5.74, 6) is 1.60. The molecule has 1 N–H and O–H groups in total. The second-order valence-corrected chi connectivity index (χ2v) is 7.41. The number of aryl methyl sites for hydroxylation is 2. The minimum Gasteiger partial charge on any atom is -0.492 e. The van der Waals surface area contributed by atoms with Crippen LogP contribution in [0.25, 0.3) is 0 Å². The van der Waals surface area contributed by atoms with Gasteiger partial charge >= 0.3 is 0 Å². The van der Waals surface area contributed by atoms with Crippen molar-refractivity contribution in [2.45, 2.75) is 46.6 Å². The van der Waals surface area contributed by atoms with E-state index in [1.54, 1.807) is 13.0 Å². The van der Waals surface area contributed by atoms with Crippen molar-refractivity contribution in [3.8, 4) is 11.5 Å². The summed E-state index contributed by atoms with van der Waals surface area (Å²) < 4.78 is 11.5. The monoisotopic (exact) mass is 389 g/mol. The Kier molecular flexibility index (Phi) is 7.55. The lowest BCUT2D eigenvalue weighted by Crippen LogP contribution is -2.38. The number of carbonyl (C=O) groups excluding carboxylic acids is 1. The predicted octanol–water partition coefficient (Wildman–Crippen LogP) is 5.04. The average molecular weight is 390 g/mol. The van der Waals surface area contributed by atoms with Crippen molar-refractivity contribution in [2.24, 2.45) is 0 Å². The molecule has 5 heteroatoms. The quantitative estimate of drug-likeness (QED) is 0.643. The fourth-order valence-corrected chi connectivity index (χ4v) is 2.79. The Bertz CT molecular complexity index is 789. The summed E-state index contributed by atoms with van der Waals surface area (Å²) in [5.41, 5.74) is 3.20. The summed E-state index contributed by atoms with van der Waals surface area (Å²) >= 11 is 6.08. The van der Waals surface area contributed by atoms with Crippen LogP contribution in [-0.4, -0.2) is 25.2 Å². The van der Waals surface area contributed by atoms with Gasteiger partial charge in [0.1, 0.15) is 18.1 Å². The Labute approximate surface area is 166 Å². The summed E-state index contributed by atoms with van der Waals surface area (Å²) in [5, 5.41) is 3.50.